The van der Waals surface area contributed by atoms with Crippen LogP contribution in [0.2, 0.25) is 6.55 Å². The Hall–Kier alpha value is -0.653. The van der Waals surface area contributed by atoms with Crippen LogP contribution in [0.1, 0.15) is 0 Å². The molecular weight excluding hydrogens is 327 g/mol. The molecule has 1 nitrogen and oxygen atoms in total. The molecule has 1 aliphatic rings. The predicted octanol–water partition coefficient (Wildman–Crippen LogP) is 2.72. The summed E-state index contributed by atoms with van der Waals surface area (Å²) in [6.07, 6.45) is 0. The Labute approximate surface area is 110 Å². The predicted molar refractivity (Wildman–Crippen MR) is 77.9 cm³/mol. The summed E-state index contributed by atoms with van der Waals surface area (Å²) in [5.74, 6) is 0. The molecule has 0 saturated heterocycles. The van der Waals surface area contributed by atoms with Gasteiger partial charge in [-0.3, -0.25) is 0 Å². The van der Waals surface area contributed by atoms with Crippen molar-refractivity contribution in [2.45, 2.75) is 6.55 Å². The van der Waals surface area contributed by atoms with E-state index < -0.39 is 8.32 Å². The lowest BCUT2D eigenvalue weighted by atomic mass is 10.1. The van der Waals surface area contributed by atoms with Crippen LogP contribution >= 0.6 is 23.0 Å². The van der Waals surface area contributed by atoms with Gasteiger partial charge in [0.15, 0.2) is 0 Å². The lowest BCUT2D eigenvalue weighted by Gasteiger charge is -2.20. The third-order valence-electron chi connectivity index (χ3n) is 3.33. The third kappa shape index (κ3) is 1.25. The lowest BCUT2D eigenvalue weighted by molar-refractivity contribution is 0.746. The minimum atomic E-state index is -1.91. The van der Waals surface area contributed by atoms with Gasteiger partial charge >= 0.3 is 0 Å². The van der Waals surface area contributed by atoms with Crippen molar-refractivity contribution in [1.29, 1.82) is 0 Å². The van der Waals surface area contributed by atoms with E-state index in [9.17, 15) is 0 Å². The van der Waals surface area contributed by atoms with Gasteiger partial charge < -0.3 is 2.76 Å². The van der Waals surface area contributed by atoms with Crippen molar-refractivity contribution >= 4 is 41.7 Å². The molecule has 0 aliphatic carbocycles. The maximum atomic E-state index is 5.86. The topological polar surface area (TPSA) is 9.23 Å². The van der Waals surface area contributed by atoms with E-state index in [-0.39, 0.29) is 0 Å². The summed E-state index contributed by atoms with van der Waals surface area (Å²) in [5, 5.41) is 2.79. The molecule has 80 valence electrons. The summed E-state index contributed by atoms with van der Waals surface area (Å²) in [6, 6.07) is 17.2. The van der Waals surface area contributed by atoms with Gasteiger partial charge in [-0.15, -0.1) is 0 Å². The highest BCUT2D eigenvalue weighted by molar-refractivity contribution is 14.1. The number of fused-ring (bicyclic) bond motifs is 3. The Kier molecular flexibility index (Phi) is 2.42. The highest BCUT2D eigenvalue weighted by Crippen LogP contribution is 2.29. The second-order valence-electron chi connectivity index (χ2n) is 4.20. The summed E-state index contributed by atoms with van der Waals surface area (Å²) in [4.78, 5) is 0. The van der Waals surface area contributed by atoms with Crippen LogP contribution in [-0.4, -0.2) is 8.32 Å². The Morgan fingerprint density at radius 3 is 1.75 bits per heavy atom. The third-order valence-corrected chi connectivity index (χ3v) is 9.21. The van der Waals surface area contributed by atoms with Gasteiger partial charge in [0.1, 0.15) is 0 Å². The molecule has 0 atom stereocenters. The molecule has 16 heavy (non-hydrogen) atoms. The zero-order valence-electron chi connectivity index (χ0n) is 8.91. The zero-order valence-corrected chi connectivity index (χ0v) is 12.1. The highest BCUT2D eigenvalue weighted by atomic mass is 127. The first-order chi connectivity index (χ1) is 7.77. The minimum absolute atomic E-state index is 1.35. The van der Waals surface area contributed by atoms with Gasteiger partial charge in [-0.25, -0.2) is 0 Å². The molecule has 0 saturated carbocycles. The highest BCUT2D eigenvalue weighted by Gasteiger charge is 2.43. The minimum Gasteiger partial charge on any atom is -0.347 e. The maximum Gasteiger partial charge on any atom is 0.267 e. The van der Waals surface area contributed by atoms with E-state index in [0.29, 0.717) is 0 Å². The molecule has 0 amide bonds. The fourth-order valence-electron chi connectivity index (χ4n) is 2.50. The molecule has 0 radical (unpaired) electrons. The molecule has 3 heteroatoms. The Morgan fingerprint density at radius 2 is 1.31 bits per heavy atom. The first-order valence-corrected chi connectivity index (χ1v) is 8.55. The van der Waals surface area contributed by atoms with Gasteiger partial charge in [0.2, 0.25) is 0 Å². The van der Waals surface area contributed by atoms with Crippen molar-refractivity contribution in [2.24, 2.45) is 0 Å². The molecule has 0 N–H and O–H groups in total. The van der Waals surface area contributed by atoms with Crippen LogP contribution in [0.25, 0.3) is 11.1 Å². The van der Waals surface area contributed by atoms with Crippen molar-refractivity contribution < 1.29 is 2.76 Å². The molecule has 0 aromatic heterocycles. The van der Waals surface area contributed by atoms with Crippen molar-refractivity contribution in [3.8, 4) is 11.1 Å². The van der Waals surface area contributed by atoms with Crippen molar-refractivity contribution in [2.75, 3.05) is 0 Å². The number of hydrogen-bond donors (Lipinski definition) is 0. The van der Waals surface area contributed by atoms with Gasteiger partial charge in [-0.2, -0.15) is 0 Å². The molecule has 1 aliphatic heterocycles. The van der Waals surface area contributed by atoms with Crippen LogP contribution in [0, 0.1) is 0 Å². The summed E-state index contributed by atoms with van der Waals surface area (Å²) in [6.45, 7) is 2.27. The molecule has 2 aromatic carbocycles. The summed E-state index contributed by atoms with van der Waals surface area (Å²) < 4.78 is 5.86. The first kappa shape index (κ1) is 10.5. The monoisotopic (exact) mass is 338 g/mol. The molecule has 0 bridgehead atoms. The number of benzene rings is 2. The van der Waals surface area contributed by atoms with Gasteiger partial charge in [0.05, 0.1) is 23.0 Å². The van der Waals surface area contributed by atoms with Crippen LogP contribution in [0.15, 0.2) is 48.5 Å². The first-order valence-electron chi connectivity index (χ1n) is 5.26. The van der Waals surface area contributed by atoms with Gasteiger partial charge in [0.25, 0.3) is 8.32 Å². The van der Waals surface area contributed by atoms with E-state index in [0.717, 1.165) is 0 Å². The summed E-state index contributed by atoms with van der Waals surface area (Å²) in [5.41, 5.74) is 2.70. The van der Waals surface area contributed by atoms with E-state index in [1.165, 1.54) is 21.5 Å². The normalized spacial score (nSPS) is 15.6. The van der Waals surface area contributed by atoms with Crippen molar-refractivity contribution in [3.05, 3.63) is 48.5 Å². The van der Waals surface area contributed by atoms with E-state index in [1.807, 2.05) is 0 Å². The van der Waals surface area contributed by atoms with E-state index >= 15 is 0 Å². The zero-order chi connectivity index (χ0) is 11.2. The molecule has 2 aromatic rings. The Morgan fingerprint density at radius 1 is 0.875 bits per heavy atom. The molecule has 0 fully saturated rings. The average molecular weight is 338 g/mol. The standard InChI is InChI=1S/C13H11IOSi/c1-16(15-14)12-8-4-2-6-10(12)11-7-3-5-9-13(11)16/h2-9H,1H3. The second-order valence-corrected chi connectivity index (χ2v) is 8.82. The number of halogens is 1. The molecule has 1 heterocycles. The fourth-order valence-corrected chi connectivity index (χ4v) is 6.67. The quantitative estimate of drug-likeness (QED) is 0.574. The number of rotatable bonds is 1. The van der Waals surface area contributed by atoms with Crippen LogP contribution in [0.3, 0.4) is 0 Å². The van der Waals surface area contributed by atoms with Crippen LogP contribution in [0.5, 0.6) is 0 Å². The van der Waals surface area contributed by atoms with Gasteiger partial charge in [0, 0.05) is 0 Å². The molecule has 0 unspecified atom stereocenters. The van der Waals surface area contributed by atoms with Crippen molar-refractivity contribution in [1.82, 2.24) is 0 Å². The fraction of sp³-hybridized carbons (Fsp3) is 0.0769. The van der Waals surface area contributed by atoms with Crippen LogP contribution in [0.4, 0.5) is 0 Å². The van der Waals surface area contributed by atoms with E-state index in [1.54, 1.807) is 0 Å². The van der Waals surface area contributed by atoms with Crippen molar-refractivity contribution in [3.63, 3.8) is 0 Å². The Balaban J connectivity index is 2.39. The van der Waals surface area contributed by atoms with Crippen LogP contribution < -0.4 is 10.4 Å². The van der Waals surface area contributed by atoms with E-state index in [2.05, 4.69) is 78.1 Å². The van der Waals surface area contributed by atoms with E-state index in [4.69, 9.17) is 2.76 Å². The summed E-state index contributed by atoms with van der Waals surface area (Å²) in [7, 11) is -1.91. The van der Waals surface area contributed by atoms with Crippen LogP contribution in [-0.2, 0) is 2.76 Å². The molecule has 0 spiro atoms. The van der Waals surface area contributed by atoms with Gasteiger partial charge in [-0.1, -0.05) is 48.5 Å². The lowest BCUT2D eigenvalue weighted by Crippen LogP contribution is -2.53. The smallest absolute Gasteiger partial charge is 0.267 e. The maximum absolute atomic E-state index is 5.86. The average Bonchev–Trinajstić information content (AvgIpc) is 2.62. The molecule has 3 rings (SSSR count). The molecular formula is C13H11IOSi. The Bertz CT molecular complexity index is 508. The van der Waals surface area contributed by atoms with Gasteiger partial charge in [-0.05, 0) is 28.0 Å². The summed E-state index contributed by atoms with van der Waals surface area (Å²) >= 11 is 2.06. The SMILES string of the molecule is C[Si]1(OI)c2ccccc2-c2ccccc21. The number of hydrogen-bond acceptors (Lipinski definition) is 1. The second kappa shape index (κ2) is 3.68. The largest absolute Gasteiger partial charge is 0.347 e.